The van der Waals surface area contributed by atoms with Crippen LogP contribution >= 0.6 is 0 Å². The molecule has 0 fully saturated rings. The molecule has 0 heterocycles. The van der Waals surface area contributed by atoms with Crippen molar-refractivity contribution in [3.05, 3.63) is 23.8 Å². The van der Waals surface area contributed by atoms with E-state index in [1.807, 2.05) is 18.2 Å². The zero-order valence-corrected chi connectivity index (χ0v) is 12.4. The number of ether oxygens (including phenoxy) is 3. The number of hydrogen-bond acceptors (Lipinski definition) is 4. The van der Waals surface area contributed by atoms with Gasteiger partial charge in [0.1, 0.15) is 11.5 Å². The minimum Gasteiger partial charge on any atom is -0.497 e. The molecule has 1 atom stereocenters. The zero-order valence-electron chi connectivity index (χ0n) is 12.4. The van der Waals surface area contributed by atoms with Crippen LogP contribution in [0.3, 0.4) is 0 Å². The molecule has 0 aliphatic rings. The minimum atomic E-state index is 0.136. The van der Waals surface area contributed by atoms with E-state index >= 15 is 0 Å². The lowest BCUT2D eigenvalue weighted by molar-refractivity contribution is 0.111. The molecule has 0 saturated heterocycles. The van der Waals surface area contributed by atoms with Crippen LogP contribution < -0.4 is 14.8 Å². The normalized spacial score (nSPS) is 12.2. The Kier molecular flexibility index (Phi) is 7.30. The number of methoxy groups -OCH3 is 2. The smallest absolute Gasteiger partial charge is 0.127 e. The average Bonchev–Trinajstić information content (AvgIpc) is 2.46. The fourth-order valence-electron chi connectivity index (χ4n) is 1.96. The first-order chi connectivity index (χ1) is 9.26. The molecule has 0 aromatic heterocycles. The molecule has 1 unspecified atom stereocenters. The number of nitrogens with one attached hydrogen (secondary N) is 1. The highest BCUT2D eigenvalue weighted by molar-refractivity contribution is 5.42. The van der Waals surface area contributed by atoms with Crippen molar-refractivity contribution in [2.24, 2.45) is 0 Å². The average molecular weight is 267 g/mol. The maximum absolute atomic E-state index is 5.66. The Morgan fingerprint density at radius 2 is 1.95 bits per heavy atom. The zero-order chi connectivity index (χ0) is 14.1. The van der Waals surface area contributed by atoms with Crippen molar-refractivity contribution < 1.29 is 14.2 Å². The van der Waals surface area contributed by atoms with Crippen LogP contribution in [0.15, 0.2) is 18.2 Å². The van der Waals surface area contributed by atoms with Crippen molar-refractivity contribution in [1.29, 1.82) is 0 Å². The maximum atomic E-state index is 5.66. The van der Waals surface area contributed by atoms with Crippen LogP contribution in [0, 0.1) is 0 Å². The van der Waals surface area contributed by atoms with Crippen LogP contribution in [0.2, 0.25) is 0 Å². The summed E-state index contributed by atoms with van der Waals surface area (Å²) in [5.74, 6) is 1.62. The summed E-state index contributed by atoms with van der Waals surface area (Å²) in [6, 6.07) is 6.01. The highest BCUT2D eigenvalue weighted by atomic mass is 16.5. The Balaban J connectivity index is 2.87. The monoisotopic (exact) mass is 267 g/mol. The number of benzene rings is 1. The van der Waals surface area contributed by atoms with E-state index in [1.54, 1.807) is 14.2 Å². The second kappa shape index (κ2) is 8.77. The van der Waals surface area contributed by atoms with Crippen LogP contribution in [0.1, 0.15) is 31.9 Å². The van der Waals surface area contributed by atoms with Gasteiger partial charge in [-0.05, 0) is 25.1 Å². The van der Waals surface area contributed by atoms with E-state index in [0.29, 0.717) is 6.61 Å². The van der Waals surface area contributed by atoms with Gasteiger partial charge in [0.15, 0.2) is 0 Å². The van der Waals surface area contributed by atoms with E-state index in [-0.39, 0.29) is 6.04 Å². The summed E-state index contributed by atoms with van der Waals surface area (Å²) in [4.78, 5) is 0. The molecule has 1 aromatic carbocycles. The molecule has 1 rings (SSSR count). The van der Waals surface area contributed by atoms with Crippen molar-refractivity contribution in [1.82, 2.24) is 5.32 Å². The van der Waals surface area contributed by atoms with Gasteiger partial charge in [-0.25, -0.2) is 0 Å². The minimum absolute atomic E-state index is 0.136. The van der Waals surface area contributed by atoms with Crippen molar-refractivity contribution in [3.63, 3.8) is 0 Å². The van der Waals surface area contributed by atoms with E-state index in [9.17, 15) is 0 Å². The topological polar surface area (TPSA) is 39.7 Å². The molecule has 0 saturated carbocycles. The fraction of sp³-hybridized carbons (Fsp3) is 0.600. The predicted octanol–water partition coefficient (Wildman–Crippen LogP) is 2.78. The first-order valence-electron chi connectivity index (χ1n) is 6.79. The molecular formula is C15H25NO3. The van der Waals surface area contributed by atoms with Gasteiger partial charge in [0, 0.05) is 18.2 Å². The van der Waals surface area contributed by atoms with Crippen LogP contribution in [-0.4, -0.2) is 34.0 Å². The van der Waals surface area contributed by atoms with Gasteiger partial charge in [-0.3, -0.25) is 0 Å². The number of rotatable bonds is 9. The van der Waals surface area contributed by atoms with E-state index in [2.05, 4.69) is 19.2 Å². The molecule has 0 radical (unpaired) electrons. The number of likely N-dealkylation sites (N-methyl/N-ethyl adjacent to an activating group) is 1. The summed E-state index contributed by atoms with van der Waals surface area (Å²) in [6.07, 6.45) is 1.03. The van der Waals surface area contributed by atoms with Crippen LogP contribution in [-0.2, 0) is 4.74 Å². The molecule has 1 N–H and O–H groups in total. The van der Waals surface area contributed by atoms with Gasteiger partial charge in [-0.1, -0.05) is 13.8 Å². The Morgan fingerprint density at radius 1 is 1.16 bits per heavy atom. The Hall–Kier alpha value is -1.26. The summed E-state index contributed by atoms with van der Waals surface area (Å²) in [5.41, 5.74) is 1.10. The van der Waals surface area contributed by atoms with Crippen LogP contribution in [0.5, 0.6) is 11.5 Å². The van der Waals surface area contributed by atoms with Crippen LogP contribution in [0.4, 0.5) is 0 Å². The Morgan fingerprint density at radius 3 is 2.53 bits per heavy atom. The highest BCUT2D eigenvalue weighted by Gasteiger charge is 2.16. The quantitative estimate of drug-likeness (QED) is 0.698. The van der Waals surface area contributed by atoms with Crippen LogP contribution in [0.25, 0.3) is 0 Å². The first kappa shape index (κ1) is 15.8. The largest absolute Gasteiger partial charge is 0.497 e. The molecule has 0 amide bonds. The lowest BCUT2D eigenvalue weighted by atomic mass is 10.1. The molecule has 1 aromatic rings. The van der Waals surface area contributed by atoms with Gasteiger partial charge >= 0.3 is 0 Å². The summed E-state index contributed by atoms with van der Waals surface area (Å²) in [6.45, 7) is 6.50. The van der Waals surface area contributed by atoms with E-state index < -0.39 is 0 Å². The van der Waals surface area contributed by atoms with E-state index in [0.717, 1.165) is 36.6 Å². The third-order valence-corrected chi connectivity index (χ3v) is 2.90. The summed E-state index contributed by atoms with van der Waals surface area (Å²) in [5, 5.41) is 3.42. The Bertz CT molecular complexity index is 368. The van der Waals surface area contributed by atoms with Gasteiger partial charge in [0.05, 0.1) is 26.9 Å². The molecule has 4 heteroatoms. The van der Waals surface area contributed by atoms with Gasteiger partial charge in [0.25, 0.3) is 0 Å². The standard InChI is InChI=1S/C15H25NO3/c1-5-9-19-11-14(16-6-2)13-8-7-12(17-3)10-15(13)18-4/h7-8,10,14,16H,5-6,9,11H2,1-4H3. The molecular weight excluding hydrogens is 242 g/mol. The molecule has 4 nitrogen and oxygen atoms in total. The molecule has 0 aliphatic heterocycles. The summed E-state index contributed by atoms with van der Waals surface area (Å²) >= 11 is 0. The van der Waals surface area contributed by atoms with Crippen molar-refractivity contribution in [2.45, 2.75) is 26.3 Å². The fourth-order valence-corrected chi connectivity index (χ4v) is 1.96. The predicted molar refractivity (Wildman–Crippen MR) is 77.1 cm³/mol. The molecule has 0 spiro atoms. The molecule has 19 heavy (non-hydrogen) atoms. The lowest BCUT2D eigenvalue weighted by Crippen LogP contribution is -2.26. The highest BCUT2D eigenvalue weighted by Crippen LogP contribution is 2.29. The number of hydrogen-bond donors (Lipinski definition) is 1. The first-order valence-corrected chi connectivity index (χ1v) is 6.79. The Labute approximate surface area is 116 Å². The SMILES string of the molecule is CCCOCC(NCC)c1ccc(OC)cc1OC. The third-order valence-electron chi connectivity index (χ3n) is 2.90. The van der Waals surface area contributed by atoms with E-state index in [4.69, 9.17) is 14.2 Å². The van der Waals surface area contributed by atoms with Gasteiger partial charge in [0.2, 0.25) is 0 Å². The van der Waals surface area contributed by atoms with Crippen molar-refractivity contribution >= 4 is 0 Å². The van der Waals surface area contributed by atoms with Gasteiger partial charge in [-0.15, -0.1) is 0 Å². The van der Waals surface area contributed by atoms with E-state index in [1.165, 1.54) is 0 Å². The molecule has 108 valence electrons. The summed E-state index contributed by atoms with van der Waals surface area (Å²) in [7, 11) is 3.33. The summed E-state index contributed by atoms with van der Waals surface area (Å²) < 4.78 is 16.3. The van der Waals surface area contributed by atoms with Gasteiger partial charge < -0.3 is 19.5 Å². The lowest BCUT2D eigenvalue weighted by Gasteiger charge is -2.21. The molecule has 0 aliphatic carbocycles. The second-order valence-corrected chi connectivity index (χ2v) is 4.29. The van der Waals surface area contributed by atoms with Crippen molar-refractivity contribution in [2.75, 3.05) is 34.0 Å². The van der Waals surface area contributed by atoms with Gasteiger partial charge in [-0.2, -0.15) is 0 Å². The maximum Gasteiger partial charge on any atom is 0.127 e. The molecule has 0 bridgehead atoms. The second-order valence-electron chi connectivity index (χ2n) is 4.29. The third kappa shape index (κ3) is 4.73. The van der Waals surface area contributed by atoms with Crippen molar-refractivity contribution in [3.8, 4) is 11.5 Å².